The molecule has 1 nitrogen and oxygen atoms in total. The molecule has 0 amide bonds. The van der Waals surface area contributed by atoms with Crippen LogP contribution in [0.4, 0.5) is 4.39 Å². The van der Waals surface area contributed by atoms with Gasteiger partial charge in [-0.2, -0.15) is 0 Å². The van der Waals surface area contributed by atoms with Crippen LogP contribution in [0.15, 0.2) is 12.1 Å². The molecule has 2 rings (SSSR count). The standard InChI is InChI=1S/C12H15FO/c1-7-4-10-9(3)14-8(2)6-11(10)12(13)5-7/h4-5,8-9H,6H2,1-3H3. The van der Waals surface area contributed by atoms with Crippen LogP contribution in [-0.4, -0.2) is 6.10 Å². The lowest BCUT2D eigenvalue weighted by atomic mass is 9.93. The van der Waals surface area contributed by atoms with Gasteiger partial charge in [0.15, 0.2) is 0 Å². The predicted octanol–water partition coefficient (Wildman–Crippen LogP) is 3.16. The number of fused-ring (bicyclic) bond motifs is 1. The Bertz CT molecular complexity index is 360. The lowest BCUT2D eigenvalue weighted by molar-refractivity contribution is -0.00575. The van der Waals surface area contributed by atoms with Crippen molar-refractivity contribution in [1.29, 1.82) is 0 Å². The lowest BCUT2D eigenvalue weighted by Crippen LogP contribution is -2.23. The molecule has 2 atom stereocenters. The van der Waals surface area contributed by atoms with Crippen LogP contribution < -0.4 is 0 Å². The zero-order chi connectivity index (χ0) is 10.3. The molecule has 1 aliphatic rings. The quantitative estimate of drug-likeness (QED) is 0.616. The molecule has 2 unspecified atom stereocenters. The molecule has 0 bridgehead atoms. The molecule has 76 valence electrons. The predicted molar refractivity (Wildman–Crippen MR) is 53.8 cm³/mol. The molecule has 0 N–H and O–H groups in total. The first-order valence-corrected chi connectivity index (χ1v) is 5.02. The monoisotopic (exact) mass is 194 g/mol. The summed E-state index contributed by atoms with van der Waals surface area (Å²) in [6, 6.07) is 3.62. The highest BCUT2D eigenvalue weighted by atomic mass is 19.1. The maximum absolute atomic E-state index is 13.6. The van der Waals surface area contributed by atoms with Crippen molar-refractivity contribution in [3.63, 3.8) is 0 Å². The van der Waals surface area contributed by atoms with Gasteiger partial charge in [0.05, 0.1) is 12.2 Å². The van der Waals surface area contributed by atoms with Crippen molar-refractivity contribution in [2.75, 3.05) is 0 Å². The van der Waals surface area contributed by atoms with Gasteiger partial charge >= 0.3 is 0 Å². The molecule has 2 heteroatoms. The highest BCUT2D eigenvalue weighted by Gasteiger charge is 2.24. The molecule has 0 fully saturated rings. The molecule has 0 aromatic heterocycles. The van der Waals surface area contributed by atoms with Crippen LogP contribution >= 0.6 is 0 Å². The Balaban J connectivity index is 2.53. The average Bonchev–Trinajstić information content (AvgIpc) is 2.07. The van der Waals surface area contributed by atoms with Gasteiger partial charge in [-0.25, -0.2) is 4.39 Å². The Kier molecular flexibility index (Phi) is 2.31. The first kappa shape index (κ1) is 9.66. The second-order valence-corrected chi connectivity index (χ2v) is 4.11. The summed E-state index contributed by atoms with van der Waals surface area (Å²) < 4.78 is 19.3. The van der Waals surface area contributed by atoms with Gasteiger partial charge < -0.3 is 4.74 Å². The van der Waals surface area contributed by atoms with Gasteiger partial charge in [0.25, 0.3) is 0 Å². The fraction of sp³-hybridized carbons (Fsp3) is 0.500. The number of rotatable bonds is 0. The summed E-state index contributed by atoms with van der Waals surface area (Å²) in [5.41, 5.74) is 2.81. The smallest absolute Gasteiger partial charge is 0.127 e. The minimum Gasteiger partial charge on any atom is -0.371 e. The number of hydrogen-bond acceptors (Lipinski definition) is 1. The number of halogens is 1. The van der Waals surface area contributed by atoms with Crippen LogP contribution in [-0.2, 0) is 11.2 Å². The first-order chi connectivity index (χ1) is 6.58. The molecule has 1 aliphatic heterocycles. The number of aryl methyl sites for hydroxylation is 1. The Hall–Kier alpha value is -0.890. The summed E-state index contributed by atoms with van der Waals surface area (Å²) in [6.07, 6.45) is 0.823. The summed E-state index contributed by atoms with van der Waals surface area (Å²) in [6.45, 7) is 5.88. The van der Waals surface area contributed by atoms with Gasteiger partial charge in [0.1, 0.15) is 5.82 Å². The average molecular weight is 194 g/mol. The van der Waals surface area contributed by atoms with Crippen LogP contribution in [0.2, 0.25) is 0 Å². The van der Waals surface area contributed by atoms with E-state index >= 15 is 0 Å². The molecule has 0 spiro atoms. The number of ether oxygens (including phenoxy) is 1. The maximum atomic E-state index is 13.6. The van der Waals surface area contributed by atoms with E-state index in [2.05, 4.69) is 0 Å². The third-order valence-corrected chi connectivity index (χ3v) is 2.74. The van der Waals surface area contributed by atoms with Crippen LogP contribution in [0.25, 0.3) is 0 Å². The number of hydrogen-bond donors (Lipinski definition) is 0. The summed E-state index contributed by atoms with van der Waals surface area (Å²) in [7, 11) is 0. The third kappa shape index (κ3) is 1.55. The molecule has 0 saturated heterocycles. The second kappa shape index (κ2) is 3.35. The van der Waals surface area contributed by atoms with Gasteiger partial charge in [0, 0.05) is 6.42 Å². The van der Waals surface area contributed by atoms with E-state index in [9.17, 15) is 4.39 Å². The summed E-state index contributed by atoms with van der Waals surface area (Å²) in [5, 5.41) is 0. The molecule has 0 radical (unpaired) electrons. The normalized spacial score (nSPS) is 26.0. The zero-order valence-corrected chi connectivity index (χ0v) is 8.80. The SMILES string of the molecule is Cc1cc(F)c2c(c1)C(C)OC(C)C2. The second-order valence-electron chi connectivity index (χ2n) is 4.11. The fourth-order valence-electron chi connectivity index (χ4n) is 2.13. The molecule has 14 heavy (non-hydrogen) atoms. The van der Waals surface area contributed by atoms with Crippen molar-refractivity contribution in [3.8, 4) is 0 Å². The highest BCUT2D eigenvalue weighted by molar-refractivity contribution is 5.36. The van der Waals surface area contributed by atoms with Gasteiger partial charge in [-0.15, -0.1) is 0 Å². The topological polar surface area (TPSA) is 9.23 Å². The Morgan fingerprint density at radius 2 is 2.07 bits per heavy atom. The zero-order valence-electron chi connectivity index (χ0n) is 8.80. The van der Waals surface area contributed by atoms with E-state index in [4.69, 9.17) is 4.74 Å². The van der Waals surface area contributed by atoms with E-state index in [0.29, 0.717) is 6.42 Å². The van der Waals surface area contributed by atoms with Crippen molar-refractivity contribution < 1.29 is 9.13 Å². The van der Waals surface area contributed by atoms with E-state index in [0.717, 1.165) is 16.7 Å². The highest BCUT2D eigenvalue weighted by Crippen LogP contribution is 2.32. The Morgan fingerprint density at radius 1 is 1.36 bits per heavy atom. The van der Waals surface area contributed by atoms with Gasteiger partial charge in [-0.05, 0) is 43.5 Å². The van der Waals surface area contributed by atoms with Crippen molar-refractivity contribution in [2.24, 2.45) is 0 Å². The van der Waals surface area contributed by atoms with Crippen molar-refractivity contribution in [2.45, 2.75) is 39.4 Å². The largest absolute Gasteiger partial charge is 0.371 e. The van der Waals surface area contributed by atoms with E-state index in [1.807, 2.05) is 26.8 Å². The molecular formula is C12H15FO. The molecule has 1 aromatic rings. The van der Waals surface area contributed by atoms with Gasteiger partial charge in [0.2, 0.25) is 0 Å². The molecule has 1 heterocycles. The van der Waals surface area contributed by atoms with Gasteiger partial charge in [-0.3, -0.25) is 0 Å². The lowest BCUT2D eigenvalue weighted by Gasteiger charge is -2.28. The summed E-state index contributed by atoms with van der Waals surface area (Å²) in [4.78, 5) is 0. The molecule has 0 saturated carbocycles. The van der Waals surface area contributed by atoms with E-state index in [-0.39, 0.29) is 18.0 Å². The molecule has 0 aliphatic carbocycles. The Morgan fingerprint density at radius 3 is 2.79 bits per heavy atom. The summed E-state index contributed by atoms with van der Waals surface area (Å²) in [5.74, 6) is -0.0815. The molecule has 1 aromatic carbocycles. The van der Waals surface area contributed by atoms with Crippen LogP contribution in [0.3, 0.4) is 0 Å². The van der Waals surface area contributed by atoms with E-state index in [1.165, 1.54) is 0 Å². The summed E-state index contributed by atoms with van der Waals surface area (Å²) >= 11 is 0. The Labute approximate surface area is 83.9 Å². The van der Waals surface area contributed by atoms with Crippen LogP contribution in [0.1, 0.15) is 36.6 Å². The van der Waals surface area contributed by atoms with Crippen molar-refractivity contribution >= 4 is 0 Å². The van der Waals surface area contributed by atoms with E-state index in [1.54, 1.807) is 6.07 Å². The number of benzene rings is 1. The molecular weight excluding hydrogens is 179 g/mol. The van der Waals surface area contributed by atoms with Crippen molar-refractivity contribution in [3.05, 3.63) is 34.6 Å². The first-order valence-electron chi connectivity index (χ1n) is 5.02. The van der Waals surface area contributed by atoms with E-state index < -0.39 is 0 Å². The maximum Gasteiger partial charge on any atom is 0.127 e. The van der Waals surface area contributed by atoms with Crippen molar-refractivity contribution in [1.82, 2.24) is 0 Å². The van der Waals surface area contributed by atoms with Gasteiger partial charge in [-0.1, -0.05) is 6.07 Å². The minimum atomic E-state index is -0.0815. The fourth-order valence-corrected chi connectivity index (χ4v) is 2.13. The minimum absolute atomic E-state index is 0.0168. The van der Waals surface area contributed by atoms with Crippen LogP contribution in [0.5, 0.6) is 0 Å². The van der Waals surface area contributed by atoms with Crippen LogP contribution in [0, 0.1) is 12.7 Å². The third-order valence-electron chi connectivity index (χ3n) is 2.74.